The molecule has 0 spiro atoms. The largest absolute Gasteiger partial charge is 0.359 e. The molecule has 28 heavy (non-hydrogen) atoms. The summed E-state index contributed by atoms with van der Waals surface area (Å²) >= 11 is 0. The molecule has 0 unspecified atom stereocenters. The number of hydrogen-bond acceptors (Lipinski definition) is 5. The van der Waals surface area contributed by atoms with E-state index in [0.29, 0.717) is 43.0 Å². The summed E-state index contributed by atoms with van der Waals surface area (Å²) in [5.41, 5.74) is 1.78. The number of pyridine rings is 1. The molecule has 3 N–H and O–H groups in total. The highest BCUT2D eigenvalue weighted by Gasteiger charge is 2.08. The highest BCUT2D eigenvalue weighted by atomic mass is 127. The number of hydrogen-bond donors (Lipinski definition) is 3. The molecular weight excluding hydrogens is 471 g/mol. The lowest BCUT2D eigenvalue weighted by molar-refractivity contribution is -0.116. The van der Waals surface area contributed by atoms with Crippen LogP contribution in [0.1, 0.15) is 50.3 Å². The minimum atomic E-state index is -0.103. The molecule has 0 aliphatic heterocycles. The van der Waals surface area contributed by atoms with Crippen LogP contribution in [0, 0.1) is 6.92 Å². The number of aryl methyl sites for hydroxylation is 1. The van der Waals surface area contributed by atoms with Crippen molar-refractivity contribution in [1.29, 1.82) is 0 Å². The third-order valence-electron chi connectivity index (χ3n) is 3.71. The predicted octanol–water partition coefficient (Wildman–Crippen LogP) is 3.20. The quantitative estimate of drug-likeness (QED) is 0.292. The van der Waals surface area contributed by atoms with Crippen molar-refractivity contribution in [2.75, 3.05) is 18.4 Å². The molecule has 0 aliphatic rings. The second kappa shape index (κ2) is 12.3. The van der Waals surface area contributed by atoms with Gasteiger partial charge in [0.2, 0.25) is 5.91 Å². The van der Waals surface area contributed by atoms with Gasteiger partial charge in [-0.05, 0) is 31.9 Å². The monoisotopic (exact) mass is 500 g/mol. The lowest BCUT2D eigenvalue weighted by atomic mass is 10.1. The Labute approximate surface area is 183 Å². The molecule has 0 radical (unpaired) electrons. The first kappa shape index (κ1) is 23.9. The molecule has 0 aliphatic carbocycles. The van der Waals surface area contributed by atoms with Gasteiger partial charge in [0, 0.05) is 31.3 Å². The minimum absolute atomic E-state index is 0. The Morgan fingerprint density at radius 2 is 2.07 bits per heavy atom. The lowest BCUT2D eigenvalue weighted by Crippen LogP contribution is -2.38. The van der Waals surface area contributed by atoms with Crippen LogP contribution in [0.15, 0.2) is 33.8 Å². The highest BCUT2D eigenvalue weighted by molar-refractivity contribution is 14.0. The molecule has 0 saturated carbocycles. The third kappa shape index (κ3) is 8.24. The van der Waals surface area contributed by atoms with Crippen molar-refractivity contribution in [2.45, 2.75) is 46.6 Å². The summed E-state index contributed by atoms with van der Waals surface area (Å²) in [5, 5.41) is 13.1. The Balaban J connectivity index is 0.00000392. The predicted molar refractivity (Wildman–Crippen MR) is 121 cm³/mol. The van der Waals surface area contributed by atoms with Gasteiger partial charge in [0.15, 0.2) is 11.7 Å². The van der Waals surface area contributed by atoms with Crippen LogP contribution in [0.5, 0.6) is 0 Å². The summed E-state index contributed by atoms with van der Waals surface area (Å²) in [7, 11) is 0. The van der Waals surface area contributed by atoms with Gasteiger partial charge in [0.1, 0.15) is 12.4 Å². The number of nitrogens with one attached hydrogen (secondary N) is 3. The molecule has 154 valence electrons. The Kier molecular flexibility index (Phi) is 10.5. The number of aliphatic imine (C=N–C) groups is 1. The molecule has 0 bridgehead atoms. The fourth-order valence-electron chi connectivity index (χ4n) is 2.29. The Morgan fingerprint density at radius 3 is 2.71 bits per heavy atom. The van der Waals surface area contributed by atoms with Gasteiger partial charge in [0.05, 0.1) is 5.69 Å². The standard InChI is InChI=1S/C19H28N6O2.HI/c1-5-20-19(22-12-15-11-16(13(2)3)25-27-15)21-10-9-18(26)24-17-8-6-7-14(4)23-17;/h6-8,11,13H,5,9-10,12H2,1-4H3,(H2,20,21,22)(H,23,24,26);1H. The number of rotatable bonds is 8. The van der Waals surface area contributed by atoms with E-state index in [0.717, 1.165) is 17.9 Å². The van der Waals surface area contributed by atoms with Gasteiger partial charge in [-0.1, -0.05) is 25.1 Å². The maximum absolute atomic E-state index is 12.0. The average Bonchev–Trinajstić information content (AvgIpc) is 3.09. The van der Waals surface area contributed by atoms with Crippen molar-refractivity contribution in [3.05, 3.63) is 41.4 Å². The highest BCUT2D eigenvalue weighted by Crippen LogP contribution is 2.14. The van der Waals surface area contributed by atoms with E-state index in [1.807, 2.05) is 32.0 Å². The summed E-state index contributed by atoms with van der Waals surface area (Å²) in [4.78, 5) is 20.8. The molecule has 0 aromatic carbocycles. The third-order valence-corrected chi connectivity index (χ3v) is 3.71. The van der Waals surface area contributed by atoms with Crippen LogP contribution in [-0.4, -0.2) is 35.1 Å². The van der Waals surface area contributed by atoms with E-state index in [1.54, 1.807) is 6.07 Å². The maximum Gasteiger partial charge on any atom is 0.227 e. The molecule has 1 amide bonds. The molecule has 2 aromatic rings. The second-order valence-corrected chi connectivity index (χ2v) is 6.46. The topological polar surface area (TPSA) is 104 Å². The summed E-state index contributed by atoms with van der Waals surface area (Å²) in [5.74, 6) is 2.11. The first-order chi connectivity index (χ1) is 13.0. The van der Waals surface area contributed by atoms with Crippen LogP contribution < -0.4 is 16.0 Å². The fraction of sp³-hybridized carbons (Fsp3) is 0.474. The average molecular weight is 500 g/mol. The molecule has 0 atom stereocenters. The van der Waals surface area contributed by atoms with Crippen molar-refractivity contribution in [2.24, 2.45) is 4.99 Å². The van der Waals surface area contributed by atoms with Crippen molar-refractivity contribution >= 4 is 41.7 Å². The zero-order valence-corrected chi connectivity index (χ0v) is 19.1. The van der Waals surface area contributed by atoms with Crippen molar-refractivity contribution in [3.63, 3.8) is 0 Å². The van der Waals surface area contributed by atoms with Crippen LogP contribution in [0.2, 0.25) is 0 Å². The smallest absolute Gasteiger partial charge is 0.227 e. The number of nitrogens with zero attached hydrogens (tertiary/aromatic N) is 3. The van der Waals surface area contributed by atoms with Crippen molar-refractivity contribution in [1.82, 2.24) is 20.8 Å². The van der Waals surface area contributed by atoms with E-state index in [-0.39, 0.29) is 29.9 Å². The van der Waals surface area contributed by atoms with Gasteiger partial charge in [-0.25, -0.2) is 9.98 Å². The van der Waals surface area contributed by atoms with Crippen LogP contribution in [-0.2, 0) is 11.3 Å². The number of amides is 1. The zero-order valence-electron chi connectivity index (χ0n) is 16.8. The summed E-state index contributed by atoms with van der Waals surface area (Å²) in [6.45, 7) is 9.56. The van der Waals surface area contributed by atoms with Gasteiger partial charge in [-0.3, -0.25) is 4.79 Å². The van der Waals surface area contributed by atoms with Crippen molar-refractivity contribution in [3.8, 4) is 0 Å². The molecule has 9 heteroatoms. The van der Waals surface area contributed by atoms with Gasteiger partial charge in [-0.2, -0.15) is 0 Å². The van der Waals surface area contributed by atoms with Crippen LogP contribution >= 0.6 is 24.0 Å². The minimum Gasteiger partial charge on any atom is -0.359 e. The molecule has 2 rings (SSSR count). The summed E-state index contributed by atoms with van der Waals surface area (Å²) in [6.07, 6.45) is 0.305. The first-order valence-corrected chi connectivity index (χ1v) is 9.19. The van der Waals surface area contributed by atoms with Gasteiger partial charge < -0.3 is 20.5 Å². The Hall–Kier alpha value is -2.17. The molecule has 2 heterocycles. The van der Waals surface area contributed by atoms with Gasteiger partial charge in [0.25, 0.3) is 0 Å². The number of carbonyl (C=O) groups is 1. The molecule has 8 nitrogen and oxygen atoms in total. The SMILES string of the molecule is CCNC(=NCc1cc(C(C)C)no1)NCCC(=O)Nc1cccc(C)n1.I. The van der Waals surface area contributed by atoms with E-state index in [1.165, 1.54) is 0 Å². The second-order valence-electron chi connectivity index (χ2n) is 6.46. The van der Waals surface area contributed by atoms with E-state index in [9.17, 15) is 4.79 Å². The normalized spacial score (nSPS) is 11.1. The number of carbonyl (C=O) groups excluding carboxylic acids is 1. The first-order valence-electron chi connectivity index (χ1n) is 9.19. The Bertz CT molecular complexity index is 775. The number of aromatic nitrogens is 2. The maximum atomic E-state index is 12.0. The van der Waals surface area contributed by atoms with Crippen LogP contribution in [0.3, 0.4) is 0 Å². The van der Waals surface area contributed by atoms with Crippen LogP contribution in [0.25, 0.3) is 0 Å². The molecule has 0 fully saturated rings. The zero-order chi connectivity index (χ0) is 19.6. The van der Waals surface area contributed by atoms with Gasteiger partial charge in [-0.15, -0.1) is 24.0 Å². The Morgan fingerprint density at radius 1 is 1.29 bits per heavy atom. The summed E-state index contributed by atoms with van der Waals surface area (Å²) in [6, 6.07) is 7.43. The van der Waals surface area contributed by atoms with Crippen molar-refractivity contribution < 1.29 is 9.32 Å². The number of halogens is 1. The number of anilines is 1. The number of guanidine groups is 1. The van der Waals surface area contributed by atoms with Gasteiger partial charge >= 0.3 is 0 Å². The molecule has 2 aromatic heterocycles. The molecule has 0 saturated heterocycles. The van der Waals surface area contributed by atoms with E-state index in [4.69, 9.17) is 4.52 Å². The summed E-state index contributed by atoms with van der Waals surface area (Å²) < 4.78 is 5.29. The lowest BCUT2D eigenvalue weighted by Gasteiger charge is -2.11. The fourth-order valence-corrected chi connectivity index (χ4v) is 2.29. The van der Waals surface area contributed by atoms with Crippen LogP contribution in [0.4, 0.5) is 5.82 Å². The van der Waals surface area contributed by atoms with E-state index >= 15 is 0 Å². The molecular formula is C19H29IN6O2. The van der Waals surface area contributed by atoms with E-state index < -0.39 is 0 Å². The van der Waals surface area contributed by atoms with E-state index in [2.05, 4.69) is 44.9 Å².